The Morgan fingerprint density at radius 3 is 1.33 bits per heavy atom. The highest BCUT2D eigenvalue weighted by Gasteiger charge is 2.10. The van der Waals surface area contributed by atoms with Crippen LogP contribution in [0.4, 0.5) is 0 Å². The highest BCUT2D eigenvalue weighted by Crippen LogP contribution is 1.97. The minimum atomic E-state index is -0.269. The monoisotopic (exact) mass is 175 g/mol. The number of Topliss-reactive ketones (excluding diaryl/α,β-unsaturated/α-hetero) is 1. The van der Waals surface area contributed by atoms with Gasteiger partial charge in [0.1, 0.15) is 5.78 Å². The van der Waals surface area contributed by atoms with Gasteiger partial charge in [0.15, 0.2) is 0 Å². The SMILES string of the molecule is CC.CC.CC(=O)C(N)C(C)C. The molecular weight excluding hydrogens is 150 g/mol. The first kappa shape index (κ1) is 17.6. The highest BCUT2D eigenvalue weighted by atomic mass is 16.1. The first-order valence-electron chi connectivity index (χ1n) is 4.81. The normalized spacial score (nSPS) is 10.4. The van der Waals surface area contributed by atoms with Crippen molar-refractivity contribution in [2.45, 2.75) is 54.5 Å². The molecule has 0 aliphatic heterocycles. The molecule has 0 saturated heterocycles. The maximum absolute atomic E-state index is 10.5. The van der Waals surface area contributed by atoms with Gasteiger partial charge in [-0.15, -0.1) is 0 Å². The second-order valence-corrected chi connectivity index (χ2v) is 2.38. The first-order chi connectivity index (χ1) is 5.55. The van der Waals surface area contributed by atoms with Crippen LogP contribution in [0, 0.1) is 5.92 Å². The zero-order chi connectivity index (χ0) is 10.7. The van der Waals surface area contributed by atoms with Gasteiger partial charge in [0.05, 0.1) is 6.04 Å². The average Bonchev–Trinajstić information content (AvgIpc) is 2.10. The molecule has 0 fully saturated rings. The molecule has 0 saturated carbocycles. The molecule has 76 valence electrons. The summed E-state index contributed by atoms with van der Waals surface area (Å²) in [7, 11) is 0. The van der Waals surface area contributed by atoms with E-state index in [1.54, 1.807) is 0 Å². The Labute approximate surface area is 77.5 Å². The average molecular weight is 175 g/mol. The second-order valence-electron chi connectivity index (χ2n) is 2.38. The van der Waals surface area contributed by atoms with Crippen molar-refractivity contribution in [2.24, 2.45) is 11.7 Å². The molecule has 2 nitrogen and oxygen atoms in total. The molecule has 0 amide bonds. The summed E-state index contributed by atoms with van der Waals surface area (Å²) in [6.07, 6.45) is 0. The molecule has 0 aromatic carbocycles. The van der Waals surface area contributed by atoms with Crippen molar-refractivity contribution in [1.29, 1.82) is 0 Å². The Balaban J connectivity index is -0.000000175. The van der Waals surface area contributed by atoms with Gasteiger partial charge in [0, 0.05) is 0 Å². The summed E-state index contributed by atoms with van der Waals surface area (Å²) in [6, 6.07) is -0.269. The van der Waals surface area contributed by atoms with Crippen molar-refractivity contribution in [3.05, 3.63) is 0 Å². The molecule has 0 aromatic heterocycles. The third kappa shape index (κ3) is 12.3. The van der Waals surface area contributed by atoms with Gasteiger partial charge in [-0.25, -0.2) is 0 Å². The van der Waals surface area contributed by atoms with Crippen molar-refractivity contribution < 1.29 is 4.79 Å². The lowest BCUT2D eigenvalue weighted by molar-refractivity contribution is -0.119. The Hall–Kier alpha value is -0.370. The van der Waals surface area contributed by atoms with E-state index in [0.717, 1.165) is 0 Å². The first-order valence-corrected chi connectivity index (χ1v) is 4.81. The van der Waals surface area contributed by atoms with E-state index in [9.17, 15) is 4.79 Å². The van der Waals surface area contributed by atoms with E-state index in [1.165, 1.54) is 6.92 Å². The van der Waals surface area contributed by atoms with Crippen molar-refractivity contribution in [3.63, 3.8) is 0 Å². The molecule has 12 heavy (non-hydrogen) atoms. The Morgan fingerprint density at radius 2 is 1.33 bits per heavy atom. The van der Waals surface area contributed by atoms with Gasteiger partial charge in [-0.1, -0.05) is 41.5 Å². The largest absolute Gasteiger partial charge is 0.321 e. The molecule has 0 spiro atoms. The molecule has 0 radical (unpaired) electrons. The van der Waals surface area contributed by atoms with Crippen LogP contribution in [-0.2, 0) is 4.79 Å². The molecule has 0 heterocycles. The van der Waals surface area contributed by atoms with Gasteiger partial charge >= 0.3 is 0 Å². The fourth-order valence-electron chi connectivity index (χ4n) is 0.469. The van der Waals surface area contributed by atoms with Crippen molar-refractivity contribution in [2.75, 3.05) is 0 Å². The predicted molar refractivity (Wildman–Crippen MR) is 56.2 cm³/mol. The van der Waals surface area contributed by atoms with Crippen LogP contribution in [0.5, 0.6) is 0 Å². The molecular formula is C10H25NO. The topological polar surface area (TPSA) is 43.1 Å². The maximum Gasteiger partial charge on any atom is 0.146 e. The molecule has 0 rings (SSSR count). The molecule has 0 aliphatic rings. The molecule has 0 bridgehead atoms. The van der Waals surface area contributed by atoms with Crippen LogP contribution in [0.1, 0.15) is 48.5 Å². The number of ketones is 1. The number of carbonyl (C=O) groups excluding carboxylic acids is 1. The minimum absolute atomic E-state index is 0.0694. The van der Waals surface area contributed by atoms with Crippen molar-refractivity contribution in [3.8, 4) is 0 Å². The fraction of sp³-hybridized carbons (Fsp3) is 0.900. The lowest BCUT2D eigenvalue weighted by atomic mass is 10.0. The Bertz CT molecular complexity index is 89.8. The summed E-state index contributed by atoms with van der Waals surface area (Å²) in [5.74, 6) is 0.340. The third-order valence-corrected chi connectivity index (χ3v) is 1.19. The van der Waals surface area contributed by atoms with E-state index in [4.69, 9.17) is 5.73 Å². The summed E-state index contributed by atoms with van der Waals surface area (Å²) in [4.78, 5) is 10.5. The van der Waals surface area contributed by atoms with E-state index in [1.807, 2.05) is 41.5 Å². The molecule has 2 heteroatoms. The van der Waals surface area contributed by atoms with E-state index in [2.05, 4.69) is 0 Å². The fourth-order valence-corrected chi connectivity index (χ4v) is 0.469. The smallest absolute Gasteiger partial charge is 0.146 e. The van der Waals surface area contributed by atoms with E-state index >= 15 is 0 Å². The van der Waals surface area contributed by atoms with E-state index < -0.39 is 0 Å². The van der Waals surface area contributed by atoms with Crippen molar-refractivity contribution in [1.82, 2.24) is 0 Å². The molecule has 1 unspecified atom stereocenters. The van der Waals surface area contributed by atoms with Crippen LogP contribution >= 0.6 is 0 Å². The van der Waals surface area contributed by atoms with Crippen LogP contribution in [0.3, 0.4) is 0 Å². The summed E-state index contributed by atoms with van der Waals surface area (Å²) in [5.41, 5.74) is 5.41. The van der Waals surface area contributed by atoms with E-state index in [0.29, 0.717) is 0 Å². The summed E-state index contributed by atoms with van der Waals surface area (Å²) >= 11 is 0. The minimum Gasteiger partial charge on any atom is -0.321 e. The second kappa shape index (κ2) is 13.2. The number of carbonyl (C=O) groups is 1. The molecule has 2 N–H and O–H groups in total. The zero-order valence-corrected chi connectivity index (χ0v) is 9.64. The number of rotatable bonds is 2. The van der Waals surface area contributed by atoms with Gasteiger partial charge in [0.2, 0.25) is 0 Å². The lowest BCUT2D eigenvalue weighted by Gasteiger charge is -2.09. The van der Waals surface area contributed by atoms with Gasteiger partial charge in [0.25, 0.3) is 0 Å². The zero-order valence-electron chi connectivity index (χ0n) is 9.64. The lowest BCUT2D eigenvalue weighted by Crippen LogP contribution is -2.33. The Kier molecular flexibility index (Phi) is 19.5. The summed E-state index contributed by atoms with van der Waals surface area (Å²) in [5, 5.41) is 0. The number of nitrogens with two attached hydrogens (primary N) is 1. The van der Waals surface area contributed by atoms with Crippen LogP contribution in [-0.4, -0.2) is 11.8 Å². The molecule has 0 aliphatic carbocycles. The van der Waals surface area contributed by atoms with Gasteiger partial charge in [-0.05, 0) is 12.8 Å². The number of hydrogen-bond acceptors (Lipinski definition) is 2. The molecule has 1 atom stereocenters. The van der Waals surface area contributed by atoms with Crippen LogP contribution in [0.2, 0.25) is 0 Å². The van der Waals surface area contributed by atoms with Crippen molar-refractivity contribution >= 4 is 5.78 Å². The maximum atomic E-state index is 10.5. The van der Waals surface area contributed by atoms with Crippen LogP contribution in [0.25, 0.3) is 0 Å². The van der Waals surface area contributed by atoms with E-state index in [-0.39, 0.29) is 17.7 Å². The predicted octanol–water partition coefficient (Wildman–Crippen LogP) is 2.61. The molecule has 0 aromatic rings. The third-order valence-electron chi connectivity index (χ3n) is 1.19. The van der Waals surface area contributed by atoms with Gasteiger partial charge in [-0.2, -0.15) is 0 Å². The standard InChI is InChI=1S/C6H13NO.2C2H6/c1-4(2)6(7)5(3)8;2*1-2/h4,6H,7H2,1-3H3;2*1-2H3. The summed E-state index contributed by atoms with van der Waals surface area (Å²) in [6.45, 7) is 13.4. The Morgan fingerprint density at radius 1 is 1.08 bits per heavy atom. The van der Waals surface area contributed by atoms with Gasteiger partial charge in [-0.3, -0.25) is 4.79 Å². The highest BCUT2D eigenvalue weighted by molar-refractivity contribution is 5.81. The number of hydrogen-bond donors (Lipinski definition) is 1. The van der Waals surface area contributed by atoms with Gasteiger partial charge < -0.3 is 5.73 Å². The van der Waals surface area contributed by atoms with Crippen LogP contribution in [0.15, 0.2) is 0 Å². The summed E-state index contributed by atoms with van der Waals surface area (Å²) < 4.78 is 0. The van der Waals surface area contributed by atoms with Crippen LogP contribution < -0.4 is 5.73 Å². The quantitative estimate of drug-likeness (QED) is 0.701.